The van der Waals surface area contributed by atoms with Crippen LogP contribution in [0.2, 0.25) is 0 Å². The molecule has 2 atom stereocenters. The molecule has 3 rings (SSSR count). The van der Waals surface area contributed by atoms with E-state index >= 15 is 0 Å². The van der Waals surface area contributed by atoms with E-state index in [0.29, 0.717) is 13.2 Å². The average molecular weight is 396 g/mol. The second-order valence-electron chi connectivity index (χ2n) is 6.35. The van der Waals surface area contributed by atoms with Crippen molar-refractivity contribution in [1.82, 2.24) is 18.8 Å². The summed E-state index contributed by atoms with van der Waals surface area (Å²) in [5, 5.41) is 6.89. The Morgan fingerprint density at radius 2 is 2.07 bits per heavy atom. The van der Waals surface area contributed by atoms with Gasteiger partial charge in [-0.25, -0.2) is 22.7 Å². The van der Waals surface area contributed by atoms with Crippen molar-refractivity contribution in [1.29, 1.82) is 0 Å². The van der Waals surface area contributed by atoms with Crippen molar-refractivity contribution in [2.75, 3.05) is 33.1 Å². The number of rotatable bonds is 5. The normalized spacial score (nSPS) is 19.6. The van der Waals surface area contributed by atoms with Gasteiger partial charge in [-0.1, -0.05) is 6.07 Å². The lowest BCUT2D eigenvalue weighted by Crippen LogP contribution is -2.32. The molecule has 1 fully saturated rings. The number of ether oxygens (including phenoxy) is 1. The van der Waals surface area contributed by atoms with E-state index in [2.05, 4.69) is 9.97 Å². The molecule has 148 valence electrons. The Kier molecular flexibility index (Phi) is 7.05. The van der Waals surface area contributed by atoms with Gasteiger partial charge in [-0.05, 0) is 19.1 Å². The van der Waals surface area contributed by atoms with Gasteiger partial charge in [0, 0.05) is 38.1 Å². The van der Waals surface area contributed by atoms with E-state index in [1.165, 1.54) is 4.31 Å². The molecule has 2 aromatic rings. The number of hydrogen-bond donors (Lipinski definition) is 1. The minimum atomic E-state index is -3.29. The number of imidazole rings is 1. The standard InChI is InChI=1S/C16H22N4O3S.CH2O2/c1-12-5-4-6-14(18-12)16-17-7-8-20(16)15-10-23-9-13(15)11-24(21,22)19(2)3;2-1-3/h4-8,13,15H,9-11H2,1-3H3;1H,(H,2,3)/t13-,15+;/m0./s1. The lowest BCUT2D eigenvalue weighted by Gasteiger charge is -2.22. The fraction of sp³-hybridized carbons (Fsp3) is 0.471. The van der Waals surface area contributed by atoms with Crippen molar-refractivity contribution < 1.29 is 23.1 Å². The maximum atomic E-state index is 12.2. The Balaban J connectivity index is 0.000000817. The Hall–Kier alpha value is -2.30. The number of nitrogens with zero attached hydrogens (tertiary/aromatic N) is 4. The summed E-state index contributed by atoms with van der Waals surface area (Å²) in [6, 6.07) is 5.71. The summed E-state index contributed by atoms with van der Waals surface area (Å²) in [6.45, 7) is 2.58. The largest absolute Gasteiger partial charge is 0.483 e. The number of pyridine rings is 1. The third kappa shape index (κ3) is 5.12. The Labute approximate surface area is 158 Å². The number of aromatic nitrogens is 3. The summed E-state index contributed by atoms with van der Waals surface area (Å²) >= 11 is 0. The van der Waals surface area contributed by atoms with E-state index in [9.17, 15) is 8.42 Å². The Morgan fingerprint density at radius 1 is 1.37 bits per heavy atom. The molecular weight excluding hydrogens is 372 g/mol. The highest BCUT2D eigenvalue weighted by Crippen LogP contribution is 2.31. The molecule has 0 bridgehead atoms. The monoisotopic (exact) mass is 396 g/mol. The smallest absolute Gasteiger partial charge is 0.290 e. The maximum Gasteiger partial charge on any atom is 0.290 e. The maximum absolute atomic E-state index is 12.2. The zero-order valence-corrected chi connectivity index (χ0v) is 16.3. The van der Waals surface area contributed by atoms with Crippen LogP contribution in [0.25, 0.3) is 11.5 Å². The summed E-state index contributed by atoms with van der Waals surface area (Å²) in [6.07, 6.45) is 3.59. The van der Waals surface area contributed by atoms with Gasteiger partial charge >= 0.3 is 0 Å². The summed E-state index contributed by atoms with van der Waals surface area (Å²) in [5.74, 6) is 0.681. The lowest BCUT2D eigenvalue weighted by molar-refractivity contribution is -0.122. The number of hydrogen-bond acceptors (Lipinski definition) is 6. The number of sulfonamides is 1. The predicted octanol–water partition coefficient (Wildman–Crippen LogP) is 1.03. The molecule has 0 spiro atoms. The highest BCUT2D eigenvalue weighted by Gasteiger charge is 2.35. The summed E-state index contributed by atoms with van der Waals surface area (Å²) in [4.78, 5) is 17.3. The van der Waals surface area contributed by atoms with Crippen LogP contribution in [0, 0.1) is 12.8 Å². The highest BCUT2D eigenvalue weighted by atomic mass is 32.2. The highest BCUT2D eigenvalue weighted by molar-refractivity contribution is 7.89. The van der Waals surface area contributed by atoms with Crippen LogP contribution in [0.5, 0.6) is 0 Å². The molecule has 0 unspecified atom stereocenters. The zero-order chi connectivity index (χ0) is 20.0. The van der Waals surface area contributed by atoms with Gasteiger partial charge in [-0.2, -0.15) is 0 Å². The van der Waals surface area contributed by atoms with Crippen molar-refractivity contribution >= 4 is 16.5 Å². The van der Waals surface area contributed by atoms with Gasteiger partial charge < -0.3 is 14.4 Å². The van der Waals surface area contributed by atoms with Crippen LogP contribution in [0.15, 0.2) is 30.6 Å². The fourth-order valence-corrected chi connectivity index (χ4v) is 4.08. The molecule has 1 aliphatic heterocycles. The van der Waals surface area contributed by atoms with E-state index in [-0.39, 0.29) is 24.2 Å². The van der Waals surface area contributed by atoms with Gasteiger partial charge in [0.2, 0.25) is 10.0 Å². The summed E-state index contributed by atoms with van der Waals surface area (Å²) in [7, 11) is -0.176. The molecule has 2 aromatic heterocycles. The van der Waals surface area contributed by atoms with Crippen molar-refractivity contribution in [2.24, 2.45) is 5.92 Å². The first kappa shape index (κ1) is 21.0. The van der Waals surface area contributed by atoms with E-state index in [1.54, 1.807) is 20.3 Å². The molecule has 0 saturated carbocycles. The molecular formula is C17H24N4O5S. The summed E-state index contributed by atoms with van der Waals surface area (Å²) < 4.78 is 33.3. The first-order chi connectivity index (χ1) is 12.8. The van der Waals surface area contributed by atoms with Crippen molar-refractivity contribution in [2.45, 2.75) is 13.0 Å². The third-order valence-corrected chi connectivity index (χ3v) is 6.25. The molecule has 1 aliphatic rings. The second kappa shape index (κ2) is 9.07. The molecule has 0 radical (unpaired) electrons. The van der Waals surface area contributed by atoms with E-state index in [0.717, 1.165) is 17.2 Å². The van der Waals surface area contributed by atoms with Crippen LogP contribution in [-0.2, 0) is 19.6 Å². The van der Waals surface area contributed by atoms with Gasteiger partial charge in [-0.15, -0.1) is 0 Å². The number of carboxylic acid groups (broad SMARTS) is 1. The van der Waals surface area contributed by atoms with Crippen LogP contribution < -0.4 is 0 Å². The number of carbonyl (C=O) groups is 1. The Bertz CT molecular complexity index is 866. The number of aryl methyl sites for hydroxylation is 1. The van der Waals surface area contributed by atoms with Gasteiger partial charge in [0.25, 0.3) is 6.47 Å². The lowest BCUT2D eigenvalue weighted by atomic mass is 10.1. The van der Waals surface area contributed by atoms with Crippen molar-refractivity contribution in [3.05, 3.63) is 36.3 Å². The molecule has 0 amide bonds. The molecule has 10 heteroatoms. The molecule has 3 heterocycles. The average Bonchev–Trinajstić information content (AvgIpc) is 3.23. The van der Waals surface area contributed by atoms with Crippen LogP contribution in [0.4, 0.5) is 0 Å². The van der Waals surface area contributed by atoms with Crippen LogP contribution >= 0.6 is 0 Å². The Morgan fingerprint density at radius 3 is 2.70 bits per heavy atom. The summed E-state index contributed by atoms with van der Waals surface area (Å²) in [5.41, 5.74) is 1.69. The van der Waals surface area contributed by atoms with Crippen molar-refractivity contribution in [3.63, 3.8) is 0 Å². The fourth-order valence-electron chi connectivity index (χ4n) is 2.92. The van der Waals surface area contributed by atoms with E-state index in [4.69, 9.17) is 14.6 Å². The second-order valence-corrected chi connectivity index (χ2v) is 8.58. The predicted molar refractivity (Wildman–Crippen MR) is 99.7 cm³/mol. The molecule has 0 aliphatic carbocycles. The van der Waals surface area contributed by atoms with Gasteiger partial charge in [-0.3, -0.25) is 4.79 Å². The van der Waals surface area contributed by atoms with Crippen LogP contribution in [0.3, 0.4) is 0 Å². The van der Waals surface area contributed by atoms with Crippen LogP contribution in [-0.4, -0.2) is 71.9 Å². The van der Waals surface area contributed by atoms with Gasteiger partial charge in [0.15, 0.2) is 5.82 Å². The van der Waals surface area contributed by atoms with E-state index < -0.39 is 10.0 Å². The first-order valence-corrected chi connectivity index (χ1v) is 9.93. The quantitative estimate of drug-likeness (QED) is 0.751. The SMILES string of the molecule is Cc1cccc(-c2nccn2[C@@H]2COC[C@H]2CS(=O)(=O)N(C)C)n1.O=CO. The van der Waals surface area contributed by atoms with Gasteiger partial charge in [0.1, 0.15) is 5.69 Å². The zero-order valence-electron chi connectivity index (χ0n) is 15.5. The molecule has 27 heavy (non-hydrogen) atoms. The molecule has 1 saturated heterocycles. The van der Waals surface area contributed by atoms with E-state index in [1.807, 2.05) is 35.9 Å². The third-order valence-electron chi connectivity index (χ3n) is 4.29. The van der Waals surface area contributed by atoms with Gasteiger partial charge in [0.05, 0.1) is 25.0 Å². The topological polar surface area (TPSA) is 115 Å². The molecule has 1 N–H and O–H groups in total. The minimum absolute atomic E-state index is 0.0591. The minimum Gasteiger partial charge on any atom is -0.483 e. The molecule has 0 aromatic carbocycles. The first-order valence-electron chi connectivity index (χ1n) is 8.32. The van der Waals surface area contributed by atoms with Crippen LogP contribution in [0.1, 0.15) is 11.7 Å². The molecule has 9 nitrogen and oxygen atoms in total. The van der Waals surface area contributed by atoms with Crippen molar-refractivity contribution in [3.8, 4) is 11.5 Å².